The minimum Gasteiger partial charge on any atom is -0.455 e. The van der Waals surface area contributed by atoms with E-state index in [0.717, 1.165) is 69.0 Å². The molecule has 23 rings (SSSR count). The lowest BCUT2D eigenvalue weighted by molar-refractivity contribution is 0.607. The number of benzene rings is 18. The Morgan fingerprint density at radius 1 is 0.213 bits per heavy atom. The second kappa shape index (κ2) is 42.4. The molecule has 0 atom stereocenters. The van der Waals surface area contributed by atoms with Crippen LogP contribution in [0, 0.1) is 0 Å². The largest absolute Gasteiger partial charge is 0.455 e. The normalized spacial score (nSPS) is 11.6. The maximum Gasteiger partial charge on any atom is 0.143 e. The fraction of sp³-hybridized carbons (Fsp3) is 0.176. The Morgan fingerprint density at radius 2 is 0.518 bits per heavy atom. The van der Waals surface area contributed by atoms with Gasteiger partial charge >= 0.3 is 0 Å². The van der Waals surface area contributed by atoms with Crippen molar-refractivity contribution < 1.29 is 4.42 Å². The van der Waals surface area contributed by atoms with E-state index in [1.807, 2.05) is 24.3 Å². The highest BCUT2D eigenvalue weighted by atomic mass is 16.3. The summed E-state index contributed by atoms with van der Waals surface area (Å²) in [5.74, 6) is 0. The molecule has 0 spiro atoms. The van der Waals surface area contributed by atoms with Gasteiger partial charge in [0.05, 0.1) is 44.1 Å². The molecule has 5 heterocycles. The number of unbranched alkanes of at least 4 members (excludes halogenated alkanes) is 15. The van der Waals surface area contributed by atoms with Gasteiger partial charge in [-0.05, 0) is 272 Å². The van der Waals surface area contributed by atoms with E-state index in [-0.39, 0.29) is 0 Å². The Bertz CT molecular complexity index is 8420. The van der Waals surface area contributed by atoms with Crippen molar-refractivity contribution in [1.82, 2.24) is 18.3 Å². The van der Waals surface area contributed by atoms with E-state index in [0.29, 0.717) is 0 Å². The summed E-state index contributed by atoms with van der Waals surface area (Å²) in [6.07, 6.45) is 33.0. The first-order valence-electron chi connectivity index (χ1n) is 51.8. The van der Waals surface area contributed by atoms with Gasteiger partial charge < -0.3 is 22.7 Å². The van der Waals surface area contributed by atoms with E-state index in [9.17, 15) is 0 Å². The number of rotatable bonds is 33. The molecule has 18 aromatic carbocycles. The van der Waals surface area contributed by atoms with E-state index in [4.69, 9.17) is 4.42 Å². The number of aromatic nitrogens is 4. The van der Waals surface area contributed by atoms with Crippen LogP contribution in [-0.4, -0.2) is 18.3 Å². The van der Waals surface area contributed by atoms with Crippen molar-refractivity contribution in [2.24, 2.45) is 0 Å². The van der Waals surface area contributed by atoms with Crippen LogP contribution in [0.3, 0.4) is 0 Å². The molecular weight excluding hydrogens is 1710 g/mol. The van der Waals surface area contributed by atoms with Gasteiger partial charge in [-0.2, -0.15) is 0 Å². The summed E-state index contributed by atoms with van der Waals surface area (Å²) in [6.45, 7) is 18.6. The summed E-state index contributed by atoms with van der Waals surface area (Å²) >= 11 is 0. The fourth-order valence-corrected chi connectivity index (χ4v) is 21.7. The van der Waals surface area contributed by atoms with Crippen molar-refractivity contribution in [2.75, 3.05) is 0 Å². The highest BCUT2D eigenvalue weighted by Crippen LogP contribution is 2.46. The third-order valence-electron chi connectivity index (χ3n) is 29.4. The minimum atomic E-state index is 0.921. The highest BCUT2D eigenvalue weighted by molar-refractivity contribution is 6.22. The van der Waals surface area contributed by atoms with Gasteiger partial charge in [-0.15, -0.1) is 0 Å². The zero-order valence-electron chi connectivity index (χ0n) is 81.9. The minimum absolute atomic E-state index is 0.921. The maximum atomic E-state index is 6.46. The molecule has 0 unspecified atom stereocenters. The molecule has 694 valence electrons. The summed E-state index contributed by atoms with van der Waals surface area (Å²) < 4.78 is 16.2. The molecule has 0 aliphatic heterocycles. The third kappa shape index (κ3) is 19.1. The van der Waals surface area contributed by atoms with E-state index < -0.39 is 0 Å². The number of hydrogen-bond donors (Lipinski definition) is 0. The lowest BCUT2D eigenvalue weighted by Gasteiger charge is -2.10. The van der Waals surface area contributed by atoms with Crippen molar-refractivity contribution in [1.29, 1.82) is 0 Å². The maximum absolute atomic E-state index is 6.46. The van der Waals surface area contributed by atoms with Crippen LogP contribution in [0.25, 0.3) is 217 Å². The average molecular weight is 1830 g/mol. The first-order valence-corrected chi connectivity index (χ1v) is 51.8. The van der Waals surface area contributed by atoms with Crippen molar-refractivity contribution in [2.45, 2.75) is 156 Å². The van der Waals surface area contributed by atoms with Gasteiger partial charge in [0.25, 0.3) is 0 Å². The molecule has 0 bridgehead atoms. The monoisotopic (exact) mass is 1830 g/mol. The van der Waals surface area contributed by atoms with E-state index in [2.05, 4.69) is 441 Å². The molecule has 0 aliphatic rings. The quantitative estimate of drug-likeness (QED) is 0.0377. The van der Waals surface area contributed by atoms with Crippen molar-refractivity contribution >= 4 is 138 Å². The van der Waals surface area contributed by atoms with Crippen LogP contribution in [0.2, 0.25) is 0 Å². The molecule has 0 saturated heterocycles. The number of fused-ring (bicyclic) bond motifs is 17. The van der Waals surface area contributed by atoms with Crippen LogP contribution in [0.4, 0.5) is 0 Å². The average Bonchev–Trinajstić information content (AvgIpc) is 1.59. The van der Waals surface area contributed by atoms with Crippen molar-refractivity contribution in [3.63, 3.8) is 0 Å². The van der Waals surface area contributed by atoms with Gasteiger partial charge in [-0.25, -0.2) is 0 Å². The predicted molar refractivity (Wildman–Crippen MR) is 610 cm³/mol. The van der Waals surface area contributed by atoms with E-state index in [1.54, 1.807) is 0 Å². The summed E-state index contributed by atoms with van der Waals surface area (Å²) in [5.41, 5.74) is 36.1. The van der Waals surface area contributed by atoms with Gasteiger partial charge in [-0.1, -0.05) is 404 Å². The summed E-state index contributed by atoms with van der Waals surface area (Å²) in [7, 11) is 0. The number of nitrogens with zero attached hydrogens (tertiary/aromatic N) is 4. The molecule has 5 nitrogen and oxygen atoms in total. The second-order valence-electron chi connectivity index (χ2n) is 38.6. The summed E-state index contributed by atoms with van der Waals surface area (Å²) in [6, 6.07) is 143. The number of furan rings is 1. The molecule has 0 fully saturated rings. The first kappa shape index (κ1) is 91.8. The Morgan fingerprint density at radius 3 is 0.950 bits per heavy atom. The second-order valence-corrected chi connectivity index (χ2v) is 38.6. The fourth-order valence-electron chi connectivity index (χ4n) is 21.7. The molecule has 0 saturated carbocycles. The Hall–Kier alpha value is -15.6. The van der Waals surface area contributed by atoms with E-state index in [1.165, 1.54) is 298 Å². The molecule has 0 amide bonds. The third-order valence-corrected chi connectivity index (χ3v) is 29.4. The van der Waals surface area contributed by atoms with Gasteiger partial charge in [0.15, 0.2) is 0 Å². The van der Waals surface area contributed by atoms with Gasteiger partial charge in [0, 0.05) is 82.2 Å². The molecular formula is C136H124N4O. The Balaban J connectivity index is 0.000000127. The SMILES string of the molecule is C=Cc1ccc(-c2ccc3c(c2)c2c4ccccc4ccc2n3-c2ccc(CCCCCCCC)cc2)cc1.C=Cc1ccc(-c2ccc3c(c2)c2cc(-c4ccc5c(c4)c4ccccc4n5-c4ccccc4)ccc2n3-c2ccc(CCCCCCCC)cc2)cc1.C=Cc1ccc(-c2ccc3c(c2)c2cc(-c4cccc5c4oc4ccccc45)ccc2n3-c2ccc(CCCCCCCC)cc2)cc1. The van der Waals surface area contributed by atoms with Crippen LogP contribution >= 0.6 is 0 Å². The summed E-state index contributed by atoms with van der Waals surface area (Å²) in [4.78, 5) is 0. The molecule has 0 aliphatic carbocycles. The van der Waals surface area contributed by atoms with Gasteiger partial charge in [-0.3, -0.25) is 0 Å². The zero-order chi connectivity index (χ0) is 95.5. The number of para-hydroxylation sites is 4. The smallest absolute Gasteiger partial charge is 0.143 e. The van der Waals surface area contributed by atoms with Crippen LogP contribution in [0.1, 0.15) is 170 Å². The summed E-state index contributed by atoms with van der Waals surface area (Å²) in [5, 5.41) is 15.0. The Kier molecular flexibility index (Phi) is 27.6. The standard InChI is InChI=1S/C52H46N2.C46H41NO.C38H37N/c1-3-5-6-7-8-10-15-38-22-29-44(30-23-38)54-51-31-26-40(39-24-20-37(4-2)21-25-39)34-47(51)48-36-42(28-33-52(48)54)41-27-32-50-46(35-41)45-18-13-14-19-49(45)53(50)43-16-11-9-12-17-43;1-3-5-6-7-8-9-13-33-20-26-37(27-21-33)47-43-28-24-35(34-22-18-32(4-2)19-23-34)30-41(43)42-31-36(25-29-44(42)47)38-15-12-16-40-39-14-10-11-17-45(39)48-46(38)40;1-3-5-6-7-8-9-12-29-17-23-33(24-18-29)39-36-25-22-32(30-19-15-28(4-2)16-20-30)27-35(36)38-34-14-11-10-13-31(34)21-26-37(38)39/h4,9,11-14,16-36H,2-3,5-8,10,15H2,1H3;4,10-12,14-31H,2-3,5-9,13H2,1H3;4,10-11,13-27H,2-3,5-9,12H2,1H3. The van der Waals surface area contributed by atoms with Crippen molar-refractivity contribution in [3.8, 4) is 78.4 Å². The molecule has 141 heavy (non-hydrogen) atoms. The molecule has 23 aromatic rings. The topological polar surface area (TPSA) is 32.9 Å². The van der Waals surface area contributed by atoms with Gasteiger partial charge in [0.1, 0.15) is 11.2 Å². The van der Waals surface area contributed by atoms with Gasteiger partial charge in [0.2, 0.25) is 0 Å². The Labute approximate surface area is 830 Å². The lowest BCUT2D eigenvalue weighted by Crippen LogP contribution is -1.95. The zero-order valence-corrected chi connectivity index (χ0v) is 81.9. The number of aryl methyl sites for hydroxylation is 3. The van der Waals surface area contributed by atoms with Crippen LogP contribution < -0.4 is 0 Å². The lowest BCUT2D eigenvalue weighted by atomic mass is 9.98. The molecule has 0 radical (unpaired) electrons. The molecule has 5 heteroatoms. The van der Waals surface area contributed by atoms with Crippen molar-refractivity contribution in [3.05, 3.63) is 441 Å². The first-order chi connectivity index (χ1) is 69.7. The predicted octanol–water partition coefficient (Wildman–Crippen LogP) is 39.5. The van der Waals surface area contributed by atoms with Crippen LogP contribution in [0.15, 0.2) is 412 Å². The molecule has 5 aromatic heterocycles. The van der Waals surface area contributed by atoms with E-state index >= 15 is 0 Å². The highest BCUT2D eigenvalue weighted by Gasteiger charge is 2.23. The number of hydrogen-bond acceptors (Lipinski definition) is 1. The van der Waals surface area contributed by atoms with Crippen LogP contribution in [-0.2, 0) is 19.3 Å². The van der Waals surface area contributed by atoms with Crippen LogP contribution in [0.5, 0.6) is 0 Å². The molecule has 0 N–H and O–H groups in total.